The zero-order valence-electron chi connectivity index (χ0n) is 16.6. The lowest BCUT2D eigenvalue weighted by Gasteiger charge is -2.27. The lowest BCUT2D eigenvalue weighted by Crippen LogP contribution is -2.14. The van der Waals surface area contributed by atoms with Gasteiger partial charge < -0.3 is 0 Å². The van der Waals surface area contributed by atoms with Crippen LogP contribution in [0.2, 0.25) is 0 Å². The Morgan fingerprint density at radius 3 is 1.69 bits per heavy atom. The molecule has 0 nitrogen and oxygen atoms in total. The van der Waals surface area contributed by atoms with Gasteiger partial charge in [-0.3, -0.25) is 0 Å². The van der Waals surface area contributed by atoms with E-state index in [0.717, 1.165) is 18.3 Å². The Morgan fingerprint density at radius 1 is 0.692 bits per heavy atom. The van der Waals surface area contributed by atoms with Crippen LogP contribution in [0.5, 0.6) is 0 Å². The zero-order chi connectivity index (χ0) is 18.2. The summed E-state index contributed by atoms with van der Waals surface area (Å²) in [5, 5.41) is 0. The smallest absolute Gasteiger partial charge is 0.0256 e. The van der Waals surface area contributed by atoms with Crippen LogP contribution in [0, 0.1) is 11.8 Å². The van der Waals surface area contributed by atoms with E-state index in [1.807, 2.05) is 0 Å². The van der Waals surface area contributed by atoms with Crippen molar-refractivity contribution in [2.24, 2.45) is 11.8 Å². The van der Waals surface area contributed by atoms with Crippen molar-refractivity contribution in [3.8, 4) is 0 Å². The van der Waals surface area contributed by atoms with Gasteiger partial charge in [0.1, 0.15) is 0 Å². The highest BCUT2D eigenvalue weighted by atomic mass is 14.2. The Bertz CT molecular complexity index is 667. The second-order valence-corrected chi connectivity index (χ2v) is 8.00. The highest BCUT2D eigenvalue weighted by Crippen LogP contribution is 2.33. The molecule has 0 aliphatic heterocycles. The quantitative estimate of drug-likeness (QED) is 0.453. The van der Waals surface area contributed by atoms with E-state index in [1.54, 1.807) is 0 Å². The Hall–Kier alpha value is -1.82. The van der Waals surface area contributed by atoms with Crippen molar-refractivity contribution in [2.75, 3.05) is 0 Å². The van der Waals surface area contributed by atoms with Crippen molar-refractivity contribution in [2.45, 2.75) is 65.2 Å². The third-order valence-electron chi connectivity index (χ3n) is 6.22. The van der Waals surface area contributed by atoms with E-state index in [2.05, 4.69) is 74.5 Å². The molecule has 0 radical (unpaired) electrons. The van der Waals surface area contributed by atoms with Crippen LogP contribution in [-0.2, 0) is 12.8 Å². The van der Waals surface area contributed by atoms with Gasteiger partial charge in [0.05, 0.1) is 0 Å². The third kappa shape index (κ3) is 5.59. The average Bonchev–Trinajstić information content (AvgIpc) is 2.72. The molecule has 0 heterocycles. The van der Waals surface area contributed by atoms with Crippen molar-refractivity contribution in [3.63, 3.8) is 0 Å². The number of benzene rings is 2. The average molecular weight is 347 g/mol. The standard InChI is InChI=1S/C26H34/c1-3-21-5-9-23(10-6-21)13-15-25-17-19-26(20-18-25)16-14-24-11-7-22(4-2)8-12-24/h5-6,9-10,13,15,17-20,22,24H,3-4,7-8,11-12,14,16H2,1-2H3. The predicted octanol–water partition coefficient (Wildman–Crippen LogP) is 7.57. The first kappa shape index (κ1) is 19.0. The minimum absolute atomic E-state index is 0.962. The van der Waals surface area contributed by atoms with E-state index < -0.39 is 0 Å². The van der Waals surface area contributed by atoms with Crippen molar-refractivity contribution in [1.29, 1.82) is 0 Å². The molecular weight excluding hydrogens is 312 g/mol. The number of hydrogen-bond acceptors (Lipinski definition) is 0. The van der Waals surface area contributed by atoms with Crippen molar-refractivity contribution in [1.82, 2.24) is 0 Å². The molecule has 3 rings (SSSR count). The first-order valence-corrected chi connectivity index (χ1v) is 10.6. The van der Waals surface area contributed by atoms with Gasteiger partial charge in [-0.15, -0.1) is 0 Å². The molecule has 0 unspecified atom stereocenters. The highest BCUT2D eigenvalue weighted by Gasteiger charge is 2.19. The lowest BCUT2D eigenvalue weighted by atomic mass is 9.78. The summed E-state index contributed by atoms with van der Waals surface area (Å²) in [6.07, 6.45) is 15.4. The molecule has 0 heteroatoms. The third-order valence-corrected chi connectivity index (χ3v) is 6.22. The minimum atomic E-state index is 0.962. The fraction of sp³-hybridized carbons (Fsp3) is 0.462. The van der Waals surface area contributed by atoms with Crippen LogP contribution < -0.4 is 0 Å². The summed E-state index contributed by atoms with van der Waals surface area (Å²) in [5.74, 6) is 1.97. The van der Waals surface area contributed by atoms with E-state index >= 15 is 0 Å². The molecule has 138 valence electrons. The Labute approximate surface area is 160 Å². The first-order chi connectivity index (χ1) is 12.8. The maximum Gasteiger partial charge on any atom is -0.0256 e. The monoisotopic (exact) mass is 346 g/mol. The second-order valence-electron chi connectivity index (χ2n) is 8.00. The molecule has 0 spiro atoms. The SMILES string of the molecule is CCc1ccc(C=Cc2ccc(CCC3CCC(CC)CC3)cc2)cc1. The van der Waals surface area contributed by atoms with Gasteiger partial charge in [-0.2, -0.15) is 0 Å². The van der Waals surface area contributed by atoms with Crippen LogP contribution in [0.15, 0.2) is 48.5 Å². The first-order valence-electron chi connectivity index (χ1n) is 10.6. The summed E-state index contributed by atoms with van der Waals surface area (Å²) in [7, 11) is 0. The molecule has 0 bridgehead atoms. The Kier molecular flexibility index (Phi) is 7.12. The van der Waals surface area contributed by atoms with E-state index in [-0.39, 0.29) is 0 Å². The lowest BCUT2D eigenvalue weighted by molar-refractivity contribution is 0.259. The van der Waals surface area contributed by atoms with Crippen molar-refractivity contribution < 1.29 is 0 Å². The molecule has 0 amide bonds. The summed E-state index contributed by atoms with van der Waals surface area (Å²) in [5.41, 5.74) is 5.45. The summed E-state index contributed by atoms with van der Waals surface area (Å²) in [6.45, 7) is 4.55. The van der Waals surface area contributed by atoms with Gasteiger partial charge in [-0.25, -0.2) is 0 Å². The van der Waals surface area contributed by atoms with Gasteiger partial charge in [0, 0.05) is 0 Å². The van der Waals surface area contributed by atoms with Crippen LogP contribution in [0.3, 0.4) is 0 Å². The minimum Gasteiger partial charge on any atom is -0.0651 e. The van der Waals surface area contributed by atoms with E-state index in [4.69, 9.17) is 0 Å². The molecule has 1 aliphatic rings. The van der Waals surface area contributed by atoms with Gasteiger partial charge in [-0.05, 0) is 53.4 Å². The van der Waals surface area contributed by atoms with Crippen molar-refractivity contribution in [3.05, 3.63) is 70.8 Å². The summed E-state index contributed by atoms with van der Waals surface area (Å²) in [6, 6.07) is 18.0. The van der Waals surface area contributed by atoms with Gasteiger partial charge in [0.2, 0.25) is 0 Å². The van der Waals surface area contributed by atoms with Crippen LogP contribution in [0.25, 0.3) is 12.2 Å². The molecular formula is C26H34. The molecule has 1 saturated carbocycles. The maximum absolute atomic E-state index is 2.35. The number of hydrogen-bond donors (Lipinski definition) is 0. The molecule has 0 saturated heterocycles. The molecule has 0 aromatic heterocycles. The van der Waals surface area contributed by atoms with Crippen LogP contribution >= 0.6 is 0 Å². The van der Waals surface area contributed by atoms with Gasteiger partial charge in [0.15, 0.2) is 0 Å². The maximum atomic E-state index is 2.35. The largest absolute Gasteiger partial charge is 0.0651 e. The molecule has 1 fully saturated rings. The van der Waals surface area contributed by atoms with Crippen LogP contribution in [0.1, 0.15) is 74.6 Å². The van der Waals surface area contributed by atoms with Crippen molar-refractivity contribution >= 4 is 12.2 Å². The van der Waals surface area contributed by atoms with E-state index in [0.29, 0.717) is 0 Å². The Morgan fingerprint density at radius 2 is 1.19 bits per heavy atom. The number of rotatable bonds is 7. The molecule has 26 heavy (non-hydrogen) atoms. The molecule has 1 aliphatic carbocycles. The number of aryl methyl sites for hydroxylation is 2. The summed E-state index contributed by atoms with van der Waals surface area (Å²) < 4.78 is 0. The normalized spacial score (nSPS) is 20.5. The molecule has 2 aromatic rings. The van der Waals surface area contributed by atoms with Crippen LogP contribution in [0.4, 0.5) is 0 Å². The molecule has 0 N–H and O–H groups in total. The summed E-state index contributed by atoms with van der Waals surface area (Å²) in [4.78, 5) is 0. The molecule has 0 atom stereocenters. The molecule has 2 aromatic carbocycles. The van der Waals surface area contributed by atoms with Gasteiger partial charge >= 0.3 is 0 Å². The van der Waals surface area contributed by atoms with Gasteiger partial charge in [0.25, 0.3) is 0 Å². The van der Waals surface area contributed by atoms with Crippen LogP contribution in [-0.4, -0.2) is 0 Å². The van der Waals surface area contributed by atoms with E-state index in [9.17, 15) is 0 Å². The fourth-order valence-corrected chi connectivity index (χ4v) is 4.15. The second kappa shape index (κ2) is 9.76. The topological polar surface area (TPSA) is 0 Å². The van der Waals surface area contributed by atoms with Gasteiger partial charge in [-0.1, -0.05) is 107 Å². The zero-order valence-corrected chi connectivity index (χ0v) is 16.6. The Balaban J connectivity index is 1.48. The van der Waals surface area contributed by atoms with E-state index in [1.165, 1.54) is 67.2 Å². The highest BCUT2D eigenvalue weighted by molar-refractivity contribution is 5.69. The summed E-state index contributed by atoms with van der Waals surface area (Å²) >= 11 is 0. The fourth-order valence-electron chi connectivity index (χ4n) is 4.15. The predicted molar refractivity (Wildman–Crippen MR) is 115 cm³/mol.